The Labute approximate surface area is 86.3 Å². The number of hydrogen-bond acceptors (Lipinski definition) is 2. The lowest BCUT2D eigenvalue weighted by Gasteiger charge is -2.05. The molecular formula is C12H19NO. The van der Waals surface area contributed by atoms with Crippen molar-refractivity contribution in [1.82, 2.24) is 5.32 Å². The topological polar surface area (TPSA) is 21.3 Å². The van der Waals surface area contributed by atoms with E-state index in [4.69, 9.17) is 4.74 Å². The van der Waals surface area contributed by atoms with Crippen LogP contribution < -0.4 is 10.1 Å². The molecule has 0 aliphatic carbocycles. The van der Waals surface area contributed by atoms with E-state index in [9.17, 15) is 0 Å². The molecule has 1 aromatic rings. The van der Waals surface area contributed by atoms with Gasteiger partial charge in [-0.3, -0.25) is 0 Å². The lowest BCUT2D eigenvalue weighted by molar-refractivity contribution is 0.340. The van der Waals surface area contributed by atoms with Gasteiger partial charge in [0.2, 0.25) is 0 Å². The van der Waals surface area contributed by atoms with E-state index in [0.29, 0.717) is 0 Å². The first-order valence-electron chi connectivity index (χ1n) is 5.29. The average Bonchev–Trinajstić information content (AvgIpc) is 2.21. The number of rotatable bonds is 6. The molecule has 1 aromatic carbocycles. The van der Waals surface area contributed by atoms with E-state index < -0.39 is 0 Å². The Hall–Kier alpha value is -1.02. The third-order valence-corrected chi connectivity index (χ3v) is 2.07. The van der Waals surface area contributed by atoms with E-state index in [1.165, 1.54) is 5.56 Å². The number of ether oxygens (including phenoxy) is 1. The zero-order valence-corrected chi connectivity index (χ0v) is 9.05. The molecular weight excluding hydrogens is 174 g/mol. The molecule has 0 spiro atoms. The molecule has 2 heteroatoms. The van der Waals surface area contributed by atoms with Crippen LogP contribution in [0.5, 0.6) is 5.75 Å². The van der Waals surface area contributed by atoms with Crippen LogP contribution in [0.4, 0.5) is 0 Å². The second-order valence-corrected chi connectivity index (χ2v) is 3.18. The smallest absolute Gasteiger partial charge is 0.119 e. The molecule has 0 heterocycles. The second kappa shape index (κ2) is 6.44. The van der Waals surface area contributed by atoms with E-state index in [1.807, 2.05) is 19.1 Å². The van der Waals surface area contributed by atoms with Crippen molar-refractivity contribution in [3.05, 3.63) is 29.8 Å². The first-order valence-corrected chi connectivity index (χ1v) is 5.29. The maximum atomic E-state index is 5.37. The van der Waals surface area contributed by atoms with Crippen molar-refractivity contribution in [3.8, 4) is 5.75 Å². The van der Waals surface area contributed by atoms with Gasteiger partial charge in [0.1, 0.15) is 5.75 Å². The first-order chi connectivity index (χ1) is 6.86. The average molecular weight is 193 g/mol. The van der Waals surface area contributed by atoms with Crippen molar-refractivity contribution < 1.29 is 4.74 Å². The monoisotopic (exact) mass is 193 g/mol. The lowest BCUT2D eigenvalue weighted by atomic mass is 10.1. The van der Waals surface area contributed by atoms with Crippen molar-refractivity contribution in [3.63, 3.8) is 0 Å². The van der Waals surface area contributed by atoms with Crippen LogP contribution in [-0.4, -0.2) is 19.7 Å². The summed E-state index contributed by atoms with van der Waals surface area (Å²) in [6.07, 6.45) is 1.08. The summed E-state index contributed by atoms with van der Waals surface area (Å²) in [5, 5.41) is 3.31. The fraction of sp³-hybridized carbons (Fsp3) is 0.500. The van der Waals surface area contributed by atoms with Gasteiger partial charge in [0.15, 0.2) is 0 Å². The van der Waals surface area contributed by atoms with E-state index in [0.717, 1.165) is 31.9 Å². The van der Waals surface area contributed by atoms with Gasteiger partial charge in [0, 0.05) is 0 Å². The third-order valence-electron chi connectivity index (χ3n) is 2.07. The van der Waals surface area contributed by atoms with Crippen LogP contribution in [0.3, 0.4) is 0 Å². The van der Waals surface area contributed by atoms with Gasteiger partial charge in [-0.05, 0) is 44.1 Å². The lowest BCUT2D eigenvalue weighted by Crippen LogP contribution is -2.15. The Bertz CT molecular complexity index is 243. The summed E-state index contributed by atoms with van der Waals surface area (Å²) in [5.41, 5.74) is 1.36. The molecule has 14 heavy (non-hydrogen) atoms. The fourth-order valence-electron chi connectivity index (χ4n) is 1.33. The predicted molar refractivity (Wildman–Crippen MR) is 59.9 cm³/mol. The number of hydrogen-bond donors (Lipinski definition) is 1. The molecule has 0 bridgehead atoms. The van der Waals surface area contributed by atoms with Crippen LogP contribution in [-0.2, 0) is 6.42 Å². The molecule has 0 amide bonds. The van der Waals surface area contributed by atoms with Crippen LogP contribution in [0.1, 0.15) is 19.4 Å². The Kier molecular flexibility index (Phi) is 5.08. The molecule has 0 saturated heterocycles. The Morgan fingerprint density at radius 3 is 2.43 bits per heavy atom. The first kappa shape index (κ1) is 11.1. The molecule has 0 fully saturated rings. The molecule has 0 unspecified atom stereocenters. The molecule has 1 rings (SSSR count). The zero-order chi connectivity index (χ0) is 10.2. The molecule has 0 aliphatic rings. The summed E-state index contributed by atoms with van der Waals surface area (Å²) >= 11 is 0. The van der Waals surface area contributed by atoms with E-state index in [-0.39, 0.29) is 0 Å². The molecule has 0 aliphatic heterocycles. The highest BCUT2D eigenvalue weighted by atomic mass is 16.5. The van der Waals surface area contributed by atoms with Crippen molar-refractivity contribution >= 4 is 0 Å². The summed E-state index contributed by atoms with van der Waals surface area (Å²) < 4.78 is 5.37. The van der Waals surface area contributed by atoms with Gasteiger partial charge in [0.25, 0.3) is 0 Å². The fourth-order valence-corrected chi connectivity index (χ4v) is 1.33. The minimum atomic E-state index is 0.733. The largest absolute Gasteiger partial charge is 0.494 e. The van der Waals surface area contributed by atoms with Gasteiger partial charge >= 0.3 is 0 Å². The Morgan fingerprint density at radius 1 is 1.14 bits per heavy atom. The van der Waals surface area contributed by atoms with Crippen LogP contribution in [0.15, 0.2) is 24.3 Å². The molecule has 78 valence electrons. The van der Waals surface area contributed by atoms with Crippen LogP contribution >= 0.6 is 0 Å². The summed E-state index contributed by atoms with van der Waals surface area (Å²) in [6, 6.07) is 8.32. The number of benzene rings is 1. The van der Waals surface area contributed by atoms with Crippen molar-refractivity contribution in [1.29, 1.82) is 0 Å². The maximum Gasteiger partial charge on any atom is 0.119 e. The molecule has 0 aromatic heterocycles. The minimum Gasteiger partial charge on any atom is -0.494 e. The van der Waals surface area contributed by atoms with E-state index in [1.54, 1.807) is 0 Å². The highest BCUT2D eigenvalue weighted by Gasteiger charge is 1.94. The molecule has 0 atom stereocenters. The number of nitrogens with one attached hydrogen (secondary N) is 1. The minimum absolute atomic E-state index is 0.733. The summed E-state index contributed by atoms with van der Waals surface area (Å²) in [7, 11) is 0. The van der Waals surface area contributed by atoms with Gasteiger partial charge in [-0.25, -0.2) is 0 Å². The molecule has 0 radical (unpaired) electrons. The van der Waals surface area contributed by atoms with Gasteiger partial charge in [-0.15, -0.1) is 0 Å². The Balaban J connectivity index is 2.38. The number of likely N-dealkylation sites (N-methyl/N-ethyl adjacent to an activating group) is 1. The third kappa shape index (κ3) is 3.79. The molecule has 1 N–H and O–H groups in total. The maximum absolute atomic E-state index is 5.37. The van der Waals surface area contributed by atoms with Crippen molar-refractivity contribution in [2.75, 3.05) is 19.7 Å². The van der Waals surface area contributed by atoms with Gasteiger partial charge in [-0.1, -0.05) is 19.1 Å². The van der Waals surface area contributed by atoms with Crippen LogP contribution in [0.2, 0.25) is 0 Å². The zero-order valence-electron chi connectivity index (χ0n) is 9.05. The normalized spacial score (nSPS) is 10.1. The summed E-state index contributed by atoms with van der Waals surface area (Å²) in [6.45, 7) is 6.94. The SMILES string of the molecule is CCNCCc1ccc(OCC)cc1. The standard InChI is InChI=1S/C12H19NO/c1-3-13-10-9-11-5-7-12(8-6-11)14-4-2/h5-8,13H,3-4,9-10H2,1-2H3. The summed E-state index contributed by atoms with van der Waals surface area (Å²) in [4.78, 5) is 0. The quantitative estimate of drug-likeness (QED) is 0.700. The molecule has 0 saturated carbocycles. The second-order valence-electron chi connectivity index (χ2n) is 3.18. The van der Waals surface area contributed by atoms with Crippen LogP contribution in [0, 0.1) is 0 Å². The van der Waals surface area contributed by atoms with Crippen molar-refractivity contribution in [2.24, 2.45) is 0 Å². The predicted octanol–water partition coefficient (Wildman–Crippen LogP) is 2.24. The highest BCUT2D eigenvalue weighted by Crippen LogP contribution is 2.11. The van der Waals surface area contributed by atoms with Gasteiger partial charge in [-0.2, -0.15) is 0 Å². The van der Waals surface area contributed by atoms with Gasteiger partial charge in [0.05, 0.1) is 6.61 Å². The van der Waals surface area contributed by atoms with Gasteiger partial charge < -0.3 is 10.1 Å². The van der Waals surface area contributed by atoms with E-state index in [2.05, 4.69) is 24.4 Å². The van der Waals surface area contributed by atoms with E-state index >= 15 is 0 Å². The van der Waals surface area contributed by atoms with Crippen LogP contribution in [0.25, 0.3) is 0 Å². The molecule has 2 nitrogen and oxygen atoms in total. The van der Waals surface area contributed by atoms with Crippen molar-refractivity contribution in [2.45, 2.75) is 20.3 Å². The Morgan fingerprint density at radius 2 is 1.86 bits per heavy atom. The highest BCUT2D eigenvalue weighted by molar-refractivity contribution is 5.27. The summed E-state index contributed by atoms with van der Waals surface area (Å²) in [5.74, 6) is 0.958.